The maximum atomic E-state index is 13.2. The van der Waals surface area contributed by atoms with Crippen molar-refractivity contribution in [3.63, 3.8) is 0 Å². The summed E-state index contributed by atoms with van der Waals surface area (Å²) in [5.41, 5.74) is 0.873. The number of nitrogens with zero attached hydrogens (tertiary/aromatic N) is 2. The Morgan fingerprint density at radius 1 is 1.00 bits per heavy atom. The Balaban J connectivity index is 2.40. The SMILES string of the molecule is CNC(=O)[C@H](C)N(Cc1ccc(Cl)cc1)C(=O)CN(c1cc(Cl)cc(Cl)c1)S(C)(=O)=O. The van der Waals surface area contributed by atoms with E-state index >= 15 is 0 Å². The number of carbonyl (C=O) groups is 2. The second kappa shape index (κ2) is 10.5. The number of hydrogen-bond acceptors (Lipinski definition) is 4. The van der Waals surface area contributed by atoms with E-state index in [2.05, 4.69) is 5.32 Å². The molecule has 0 aliphatic rings. The van der Waals surface area contributed by atoms with Gasteiger partial charge in [-0.15, -0.1) is 0 Å². The number of benzene rings is 2. The minimum Gasteiger partial charge on any atom is -0.357 e. The van der Waals surface area contributed by atoms with Gasteiger partial charge in [-0.2, -0.15) is 0 Å². The molecule has 11 heteroatoms. The van der Waals surface area contributed by atoms with Gasteiger partial charge >= 0.3 is 0 Å². The molecule has 0 saturated heterocycles. The molecule has 2 amide bonds. The van der Waals surface area contributed by atoms with Gasteiger partial charge in [0.2, 0.25) is 21.8 Å². The van der Waals surface area contributed by atoms with Crippen molar-refractivity contribution in [1.82, 2.24) is 10.2 Å². The number of carbonyl (C=O) groups excluding carboxylic acids is 2. The summed E-state index contributed by atoms with van der Waals surface area (Å²) in [5, 5.41) is 3.48. The largest absolute Gasteiger partial charge is 0.357 e. The molecule has 1 N–H and O–H groups in total. The quantitative estimate of drug-likeness (QED) is 0.593. The van der Waals surface area contributed by atoms with Crippen molar-refractivity contribution < 1.29 is 18.0 Å². The summed E-state index contributed by atoms with van der Waals surface area (Å²) in [4.78, 5) is 26.8. The Morgan fingerprint density at radius 2 is 1.55 bits per heavy atom. The number of nitrogens with one attached hydrogen (secondary N) is 1. The van der Waals surface area contributed by atoms with E-state index in [0.29, 0.717) is 5.02 Å². The van der Waals surface area contributed by atoms with Gasteiger partial charge in [0.05, 0.1) is 11.9 Å². The number of anilines is 1. The fraction of sp³-hybridized carbons (Fsp3) is 0.300. The van der Waals surface area contributed by atoms with Crippen LogP contribution in [0.5, 0.6) is 0 Å². The maximum Gasteiger partial charge on any atom is 0.244 e. The molecule has 0 bridgehead atoms. The lowest BCUT2D eigenvalue weighted by molar-refractivity contribution is -0.139. The molecular formula is C20H22Cl3N3O4S. The van der Waals surface area contributed by atoms with Crippen molar-refractivity contribution in [2.45, 2.75) is 19.5 Å². The highest BCUT2D eigenvalue weighted by atomic mass is 35.5. The summed E-state index contributed by atoms with van der Waals surface area (Å²) in [6, 6.07) is 10.2. The fourth-order valence-corrected chi connectivity index (χ4v) is 4.35. The third-order valence-corrected chi connectivity index (χ3v) is 6.32. The minimum atomic E-state index is -3.86. The van der Waals surface area contributed by atoms with Gasteiger partial charge in [-0.05, 0) is 42.8 Å². The maximum absolute atomic E-state index is 13.2. The Bertz CT molecular complexity index is 1040. The van der Waals surface area contributed by atoms with E-state index in [0.717, 1.165) is 16.1 Å². The minimum absolute atomic E-state index is 0.0818. The van der Waals surface area contributed by atoms with E-state index in [1.807, 2.05) is 0 Å². The van der Waals surface area contributed by atoms with E-state index in [9.17, 15) is 18.0 Å². The van der Waals surface area contributed by atoms with E-state index in [1.165, 1.54) is 30.1 Å². The molecule has 0 unspecified atom stereocenters. The van der Waals surface area contributed by atoms with Crippen LogP contribution in [0, 0.1) is 0 Å². The zero-order valence-corrected chi connectivity index (χ0v) is 20.2. The molecule has 168 valence electrons. The summed E-state index contributed by atoms with van der Waals surface area (Å²) in [7, 11) is -2.40. The highest BCUT2D eigenvalue weighted by Crippen LogP contribution is 2.27. The fourth-order valence-electron chi connectivity index (χ4n) is 2.87. The van der Waals surface area contributed by atoms with Crippen LogP contribution in [0.3, 0.4) is 0 Å². The lowest BCUT2D eigenvalue weighted by atomic mass is 10.1. The first-order valence-electron chi connectivity index (χ1n) is 9.11. The highest BCUT2D eigenvalue weighted by Gasteiger charge is 2.29. The summed E-state index contributed by atoms with van der Waals surface area (Å²) in [6.45, 7) is 1.11. The number of likely N-dealkylation sites (N-methyl/N-ethyl adjacent to an activating group) is 1. The van der Waals surface area contributed by atoms with Gasteiger partial charge in [-0.25, -0.2) is 8.42 Å². The molecule has 7 nitrogen and oxygen atoms in total. The van der Waals surface area contributed by atoms with E-state index < -0.39 is 28.5 Å². The number of rotatable bonds is 8. The van der Waals surface area contributed by atoms with Crippen LogP contribution in [-0.4, -0.2) is 51.0 Å². The smallest absolute Gasteiger partial charge is 0.244 e. The molecule has 1 atom stereocenters. The average molecular weight is 507 g/mol. The van der Waals surface area contributed by atoms with Crippen LogP contribution in [0.25, 0.3) is 0 Å². The Morgan fingerprint density at radius 3 is 2.03 bits per heavy atom. The van der Waals surface area contributed by atoms with Crippen LogP contribution < -0.4 is 9.62 Å². The molecule has 0 aromatic heterocycles. The first-order valence-corrected chi connectivity index (χ1v) is 12.1. The van der Waals surface area contributed by atoms with Gasteiger partial charge in [-0.1, -0.05) is 46.9 Å². The van der Waals surface area contributed by atoms with Gasteiger partial charge in [0.25, 0.3) is 0 Å². The van der Waals surface area contributed by atoms with Crippen LogP contribution in [0.4, 0.5) is 5.69 Å². The standard InChI is InChI=1S/C20H22Cl3N3O4S/c1-13(20(28)24-2)25(11-14-4-6-15(21)7-5-14)19(27)12-26(31(3,29)30)18-9-16(22)8-17(23)10-18/h4-10,13H,11-12H2,1-3H3,(H,24,28)/t13-/m0/s1. The molecular weight excluding hydrogens is 485 g/mol. The zero-order chi connectivity index (χ0) is 23.3. The van der Waals surface area contributed by atoms with Crippen LogP contribution >= 0.6 is 34.8 Å². The first-order chi connectivity index (χ1) is 14.4. The second-order valence-corrected chi connectivity index (χ2v) is 10.1. The van der Waals surface area contributed by atoms with Gasteiger partial charge in [-0.3, -0.25) is 13.9 Å². The molecule has 2 rings (SSSR count). The third kappa shape index (κ3) is 7.00. The molecule has 0 aliphatic heterocycles. The monoisotopic (exact) mass is 505 g/mol. The highest BCUT2D eigenvalue weighted by molar-refractivity contribution is 7.92. The van der Waals surface area contributed by atoms with Crippen molar-refractivity contribution in [1.29, 1.82) is 0 Å². The van der Waals surface area contributed by atoms with Crippen molar-refractivity contribution in [3.8, 4) is 0 Å². The summed E-state index contributed by atoms with van der Waals surface area (Å²) < 4.78 is 25.8. The van der Waals surface area contributed by atoms with Gasteiger partial charge < -0.3 is 10.2 Å². The second-order valence-electron chi connectivity index (χ2n) is 6.84. The molecule has 0 fully saturated rings. The molecule has 0 aliphatic carbocycles. The van der Waals surface area contributed by atoms with Crippen LogP contribution in [-0.2, 0) is 26.2 Å². The lowest BCUT2D eigenvalue weighted by Crippen LogP contribution is -2.50. The predicted octanol–water partition coefficient (Wildman–Crippen LogP) is 3.58. The topological polar surface area (TPSA) is 86.8 Å². The third-order valence-electron chi connectivity index (χ3n) is 4.49. The normalized spacial score (nSPS) is 12.2. The molecule has 31 heavy (non-hydrogen) atoms. The first kappa shape index (κ1) is 25.3. The molecule has 2 aromatic rings. The summed E-state index contributed by atoms with van der Waals surface area (Å²) in [6.07, 6.45) is 0.973. The van der Waals surface area contributed by atoms with Crippen LogP contribution in [0.15, 0.2) is 42.5 Å². The lowest BCUT2D eigenvalue weighted by Gasteiger charge is -2.31. The Labute approximate surface area is 196 Å². The summed E-state index contributed by atoms with van der Waals surface area (Å²) >= 11 is 17.9. The molecule has 0 radical (unpaired) electrons. The van der Waals surface area contributed by atoms with Crippen molar-refractivity contribution in [2.24, 2.45) is 0 Å². The van der Waals surface area contributed by atoms with Crippen molar-refractivity contribution in [3.05, 3.63) is 63.1 Å². The number of halogens is 3. The van der Waals surface area contributed by atoms with Crippen LogP contribution in [0.1, 0.15) is 12.5 Å². The predicted molar refractivity (Wildman–Crippen MR) is 124 cm³/mol. The van der Waals surface area contributed by atoms with Crippen molar-refractivity contribution in [2.75, 3.05) is 24.2 Å². The molecule has 0 spiro atoms. The molecule has 2 aromatic carbocycles. The van der Waals surface area contributed by atoms with E-state index in [1.54, 1.807) is 31.2 Å². The molecule has 0 saturated carbocycles. The average Bonchev–Trinajstić information content (AvgIpc) is 2.68. The molecule has 0 heterocycles. The van der Waals surface area contributed by atoms with Gasteiger partial charge in [0.15, 0.2) is 0 Å². The van der Waals surface area contributed by atoms with Gasteiger partial charge in [0.1, 0.15) is 12.6 Å². The van der Waals surface area contributed by atoms with Gasteiger partial charge in [0, 0.05) is 28.7 Å². The van der Waals surface area contributed by atoms with E-state index in [4.69, 9.17) is 34.8 Å². The number of hydrogen-bond donors (Lipinski definition) is 1. The Kier molecular flexibility index (Phi) is 8.59. The number of sulfonamides is 1. The zero-order valence-electron chi connectivity index (χ0n) is 17.1. The van der Waals surface area contributed by atoms with Crippen LogP contribution in [0.2, 0.25) is 15.1 Å². The summed E-state index contributed by atoms with van der Waals surface area (Å²) in [5.74, 6) is -0.966. The van der Waals surface area contributed by atoms with E-state index in [-0.39, 0.29) is 28.2 Å². The van der Waals surface area contributed by atoms with Crippen molar-refractivity contribution >= 4 is 62.3 Å². The number of amides is 2. The Hall–Kier alpha value is -2.00.